The van der Waals surface area contributed by atoms with Gasteiger partial charge in [-0.15, -0.1) is 0 Å². The Kier molecular flexibility index (Phi) is 3.48. The molecule has 0 aromatic heterocycles. The van der Waals surface area contributed by atoms with Crippen molar-refractivity contribution in [3.05, 3.63) is 30.3 Å². The van der Waals surface area contributed by atoms with Crippen LogP contribution in [0.1, 0.15) is 20.8 Å². The molecule has 1 atom stereocenters. The first-order valence-electron chi connectivity index (χ1n) is 4.00. The van der Waals surface area contributed by atoms with Crippen molar-refractivity contribution < 1.29 is 18.7 Å². The van der Waals surface area contributed by atoms with E-state index in [1.807, 2.05) is 0 Å². The van der Waals surface area contributed by atoms with Gasteiger partial charge in [-0.1, -0.05) is 0 Å². The van der Waals surface area contributed by atoms with Crippen molar-refractivity contribution in [3.8, 4) is 0 Å². The summed E-state index contributed by atoms with van der Waals surface area (Å²) in [5.41, 5.74) is 0. The third-order valence-corrected chi connectivity index (χ3v) is 7.66. The first kappa shape index (κ1) is 10.4. The van der Waals surface area contributed by atoms with Crippen LogP contribution < -0.4 is 5.30 Å². The van der Waals surface area contributed by atoms with Gasteiger partial charge in [-0.25, -0.2) is 0 Å². The fourth-order valence-corrected chi connectivity index (χ4v) is 2.82. The minimum atomic E-state index is -0.167. The van der Waals surface area contributed by atoms with Crippen molar-refractivity contribution in [1.82, 2.24) is 0 Å². The third-order valence-electron chi connectivity index (χ3n) is 1.51. The zero-order valence-electron chi connectivity index (χ0n) is 7.65. The molecule has 0 aliphatic carbocycles. The summed E-state index contributed by atoms with van der Waals surface area (Å²) in [5, 5.41) is 1.79. The summed E-state index contributed by atoms with van der Waals surface area (Å²) in [5.74, 6) is 0. The van der Waals surface area contributed by atoms with E-state index in [-0.39, 0.29) is 6.11 Å². The van der Waals surface area contributed by atoms with Gasteiger partial charge >= 0.3 is 86.4 Å². The van der Waals surface area contributed by atoms with Crippen molar-refractivity contribution in [2.24, 2.45) is 0 Å². The second-order valence-corrected chi connectivity index (χ2v) is 8.21. The van der Waals surface area contributed by atoms with E-state index in [9.17, 15) is 0 Å². The molecule has 0 nitrogen and oxygen atoms in total. The van der Waals surface area contributed by atoms with Crippen LogP contribution in [-0.4, -0.2) is 5.16 Å². The standard InChI is InChI=1S/C10H14P.Pd/c1-10(2,3)11-9-7-5-4-6-8-9;/h4-8H,1-3H3;/q-1;+1. The third kappa shape index (κ3) is 2.67. The molecule has 0 bridgehead atoms. The van der Waals surface area contributed by atoms with Crippen LogP contribution in [0.15, 0.2) is 30.3 Å². The molecular weight excluding hydrogens is 258 g/mol. The fraction of sp³-hybridized carbons (Fsp3) is 0.400. The Labute approximate surface area is 86.4 Å². The van der Waals surface area contributed by atoms with Gasteiger partial charge in [0.1, 0.15) is 0 Å². The molecule has 0 heterocycles. The number of hydrogen-bond acceptors (Lipinski definition) is 0. The predicted octanol–water partition coefficient (Wildman–Crippen LogP) is 3.05. The Hall–Kier alpha value is 0.312. The van der Waals surface area contributed by atoms with Crippen LogP contribution in [0.3, 0.4) is 0 Å². The van der Waals surface area contributed by atoms with Crippen LogP contribution in [0.2, 0.25) is 0 Å². The number of benzene rings is 1. The van der Waals surface area contributed by atoms with E-state index in [4.69, 9.17) is 0 Å². The van der Waals surface area contributed by atoms with Crippen LogP contribution in [0, 0.1) is 0 Å². The molecule has 1 aromatic rings. The van der Waals surface area contributed by atoms with Gasteiger partial charge in [0.25, 0.3) is 0 Å². The first-order chi connectivity index (χ1) is 5.52. The van der Waals surface area contributed by atoms with Gasteiger partial charge in [0.05, 0.1) is 0 Å². The molecule has 0 spiro atoms. The summed E-state index contributed by atoms with van der Waals surface area (Å²) in [6.45, 7) is 6.82. The van der Waals surface area contributed by atoms with Crippen LogP contribution in [0.25, 0.3) is 0 Å². The molecular formula is C10H14PPd. The molecule has 12 heavy (non-hydrogen) atoms. The molecule has 0 radical (unpaired) electrons. The average Bonchev–Trinajstić information content (AvgIpc) is 2.03. The maximum absolute atomic E-state index is 3.49. The van der Waals surface area contributed by atoms with E-state index in [1.54, 1.807) is 0 Å². The molecule has 0 N–H and O–H groups in total. The van der Waals surface area contributed by atoms with Crippen molar-refractivity contribution in [2.45, 2.75) is 25.9 Å². The Bertz CT molecular complexity index is 238. The van der Waals surface area contributed by atoms with Gasteiger partial charge in [-0.3, -0.25) is 0 Å². The van der Waals surface area contributed by atoms with Crippen LogP contribution in [0.5, 0.6) is 0 Å². The molecule has 1 unspecified atom stereocenters. The second-order valence-electron chi connectivity index (χ2n) is 3.76. The molecule has 0 saturated heterocycles. The quantitative estimate of drug-likeness (QED) is 0.544. The Balaban J connectivity index is 2.86. The van der Waals surface area contributed by atoms with Crippen molar-refractivity contribution in [2.75, 3.05) is 0 Å². The van der Waals surface area contributed by atoms with Crippen LogP contribution >= 0.6 is 6.11 Å². The minimum absolute atomic E-state index is 0.167. The maximum atomic E-state index is 3.49. The first-order valence-corrected chi connectivity index (χ1v) is 7.26. The summed E-state index contributed by atoms with van der Waals surface area (Å²) in [7, 11) is 0. The van der Waals surface area contributed by atoms with Crippen LogP contribution in [-0.2, 0) is 18.7 Å². The summed E-state index contributed by atoms with van der Waals surface area (Å²) in [4.78, 5) is 0. The van der Waals surface area contributed by atoms with Gasteiger partial charge in [0.15, 0.2) is 0 Å². The fourth-order valence-electron chi connectivity index (χ4n) is 0.937. The van der Waals surface area contributed by atoms with E-state index < -0.39 is 0 Å². The van der Waals surface area contributed by atoms with Gasteiger partial charge in [0, 0.05) is 0 Å². The van der Waals surface area contributed by atoms with E-state index in [0.717, 1.165) is 0 Å². The summed E-state index contributed by atoms with van der Waals surface area (Å²) in [6.07, 6.45) is -0.167. The van der Waals surface area contributed by atoms with Crippen LogP contribution in [0.4, 0.5) is 0 Å². The molecule has 0 fully saturated rings. The second kappa shape index (κ2) is 4.01. The summed E-state index contributed by atoms with van der Waals surface area (Å²) < 4.78 is 0. The summed E-state index contributed by atoms with van der Waals surface area (Å²) >= 11 is 3.49. The SMILES string of the molecule is CC(C)(C)[P]([Pd])c1ccccc1. The Morgan fingerprint density at radius 3 is 2.00 bits per heavy atom. The number of rotatable bonds is 1. The van der Waals surface area contributed by atoms with Gasteiger partial charge < -0.3 is 0 Å². The van der Waals surface area contributed by atoms with E-state index in [1.165, 1.54) is 5.30 Å². The molecule has 0 aliphatic rings. The Morgan fingerprint density at radius 1 is 1.08 bits per heavy atom. The van der Waals surface area contributed by atoms with Gasteiger partial charge in [-0.05, 0) is 0 Å². The van der Waals surface area contributed by atoms with Gasteiger partial charge in [-0.2, -0.15) is 0 Å². The van der Waals surface area contributed by atoms with Crippen molar-refractivity contribution >= 4 is 11.4 Å². The van der Waals surface area contributed by atoms with Crippen molar-refractivity contribution in [3.63, 3.8) is 0 Å². The monoisotopic (exact) mass is 271 g/mol. The predicted molar refractivity (Wildman–Crippen MR) is 52.7 cm³/mol. The molecule has 1 rings (SSSR count). The molecule has 69 valence electrons. The molecule has 2 heteroatoms. The zero-order valence-corrected chi connectivity index (χ0v) is 10.1. The van der Waals surface area contributed by atoms with E-state index in [2.05, 4.69) is 69.8 Å². The zero-order chi connectivity index (χ0) is 9.19. The molecule has 1 aromatic carbocycles. The van der Waals surface area contributed by atoms with Crippen molar-refractivity contribution in [1.29, 1.82) is 0 Å². The normalized spacial score (nSPS) is 14.4. The van der Waals surface area contributed by atoms with Gasteiger partial charge in [0.2, 0.25) is 0 Å². The number of hydrogen-bond donors (Lipinski definition) is 0. The summed E-state index contributed by atoms with van der Waals surface area (Å²) in [6, 6.07) is 10.7. The Morgan fingerprint density at radius 2 is 1.58 bits per heavy atom. The molecule has 0 aliphatic heterocycles. The topological polar surface area (TPSA) is 0 Å². The van der Waals surface area contributed by atoms with E-state index in [0.29, 0.717) is 5.16 Å². The van der Waals surface area contributed by atoms with E-state index >= 15 is 0 Å². The molecule has 0 saturated carbocycles. The average molecular weight is 272 g/mol. The molecule has 0 amide bonds.